The van der Waals surface area contributed by atoms with Crippen molar-refractivity contribution in [1.82, 2.24) is 15.1 Å². The van der Waals surface area contributed by atoms with E-state index in [4.69, 9.17) is 5.11 Å². The fourth-order valence-electron chi connectivity index (χ4n) is 1.57. The minimum Gasteiger partial charge on any atom is -0.393 e. The number of nitrogens with one attached hydrogen (secondary N) is 1. The summed E-state index contributed by atoms with van der Waals surface area (Å²) in [4.78, 5) is 0. The fourth-order valence-corrected chi connectivity index (χ4v) is 1.57. The Morgan fingerprint density at radius 3 is 2.87 bits per heavy atom. The maximum absolute atomic E-state index is 9.07. The Morgan fingerprint density at radius 2 is 2.33 bits per heavy atom. The van der Waals surface area contributed by atoms with E-state index < -0.39 is 0 Å². The highest BCUT2D eigenvalue weighted by Gasteiger charge is 2.01. The molecule has 0 aliphatic carbocycles. The van der Waals surface area contributed by atoms with Crippen LogP contribution in [0.15, 0.2) is 6.07 Å². The second kappa shape index (κ2) is 5.88. The molecule has 0 aromatic carbocycles. The Labute approximate surface area is 91.3 Å². The zero-order valence-electron chi connectivity index (χ0n) is 9.82. The van der Waals surface area contributed by atoms with Gasteiger partial charge in [0, 0.05) is 13.6 Å². The van der Waals surface area contributed by atoms with Crippen molar-refractivity contribution < 1.29 is 5.11 Å². The molecule has 1 atom stereocenters. The largest absolute Gasteiger partial charge is 0.393 e. The summed E-state index contributed by atoms with van der Waals surface area (Å²) in [5.41, 5.74) is 2.25. The van der Waals surface area contributed by atoms with Gasteiger partial charge in [-0.3, -0.25) is 4.68 Å². The van der Waals surface area contributed by atoms with Gasteiger partial charge < -0.3 is 10.4 Å². The van der Waals surface area contributed by atoms with Crippen molar-refractivity contribution in [2.24, 2.45) is 7.05 Å². The molecule has 0 radical (unpaired) electrons. The summed E-state index contributed by atoms with van der Waals surface area (Å²) in [6.07, 6.45) is 1.68. The van der Waals surface area contributed by atoms with Gasteiger partial charge in [0.2, 0.25) is 0 Å². The molecule has 0 fully saturated rings. The molecule has 86 valence electrons. The number of hydrogen-bond donors (Lipinski definition) is 2. The topological polar surface area (TPSA) is 50.1 Å². The first-order valence-electron chi connectivity index (χ1n) is 5.48. The summed E-state index contributed by atoms with van der Waals surface area (Å²) >= 11 is 0. The van der Waals surface area contributed by atoms with Crippen LogP contribution in [0.5, 0.6) is 0 Å². The number of aliphatic hydroxyl groups excluding tert-OH is 1. The summed E-state index contributed by atoms with van der Waals surface area (Å²) in [5, 5.41) is 16.7. The molecule has 0 amide bonds. The van der Waals surface area contributed by atoms with Crippen LogP contribution in [0.4, 0.5) is 0 Å². The highest BCUT2D eigenvalue weighted by Crippen LogP contribution is 2.01. The zero-order valence-corrected chi connectivity index (χ0v) is 9.82. The van der Waals surface area contributed by atoms with Gasteiger partial charge >= 0.3 is 0 Å². The molecule has 4 heteroatoms. The van der Waals surface area contributed by atoms with Gasteiger partial charge in [0.1, 0.15) is 0 Å². The van der Waals surface area contributed by atoms with Crippen LogP contribution in [-0.4, -0.2) is 27.5 Å². The van der Waals surface area contributed by atoms with Gasteiger partial charge in [-0.2, -0.15) is 5.10 Å². The smallest absolute Gasteiger partial charge is 0.0597 e. The van der Waals surface area contributed by atoms with E-state index in [2.05, 4.69) is 16.5 Å². The Morgan fingerprint density at radius 1 is 1.60 bits per heavy atom. The van der Waals surface area contributed by atoms with E-state index in [1.54, 1.807) is 0 Å². The molecule has 0 aliphatic rings. The Hall–Kier alpha value is -0.870. The molecule has 1 unspecified atom stereocenters. The van der Waals surface area contributed by atoms with E-state index in [9.17, 15) is 0 Å². The molecule has 1 heterocycles. The maximum Gasteiger partial charge on any atom is 0.0597 e. The predicted octanol–water partition coefficient (Wildman–Crippen LogP) is 0.979. The normalized spacial score (nSPS) is 13.1. The number of hydrogen-bond acceptors (Lipinski definition) is 3. The quantitative estimate of drug-likeness (QED) is 0.690. The summed E-state index contributed by atoms with van der Waals surface area (Å²) < 4.78 is 1.90. The average molecular weight is 211 g/mol. The van der Waals surface area contributed by atoms with Crippen LogP contribution in [0.1, 0.15) is 31.2 Å². The van der Waals surface area contributed by atoms with Crippen molar-refractivity contribution in [3.63, 3.8) is 0 Å². The summed E-state index contributed by atoms with van der Waals surface area (Å²) in [6, 6.07) is 2.08. The first-order chi connectivity index (χ1) is 7.09. The first-order valence-corrected chi connectivity index (χ1v) is 5.48. The Kier molecular flexibility index (Phi) is 4.78. The number of aryl methyl sites for hydroxylation is 2. The lowest BCUT2D eigenvalue weighted by atomic mass is 10.2. The zero-order chi connectivity index (χ0) is 11.3. The SMILES string of the molecule is Cc1cc(CNCCCC(C)O)n(C)n1. The molecule has 0 saturated carbocycles. The van der Waals surface area contributed by atoms with Gasteiger partial charge in [0.25, 0.3) is 0 Å². The lowest BCUT2D eigenvalue weighted by Gasteiger charge is -2.06. The molecule has 0 aliphatic heterocycles. The summed E-state index contributed by atoms with van der Waals surface area (Å²) in [5.74, 6) is 0. The highest BCUT2D eigenvalue weighted by molar-refractivity contribution is 5.08. The molecule has 0 spiro atoms. The van der Waals surface area contributed by atoms with Crippen LogP contribution in [0.25, 0.3) is 0 Å². The van der Waals surface area contributed by atoms with Crippen molar-refractivity contribution in [3.8, 4) is 0 Å². The monoisotopic (exact) mass is 211 g/mol. The number of rotatable bonds is 6. The Balaban J connectivity index is 2.17. The van der Waals surface area contributed by atoms with E-state index in [-0.39, 0.29) is 6.10 Å². The molecule has 0 bridgehead atoms. The number of aromatic nitrogens is 2. The maximum atomic E-state index is 9.07. The molecule has 1 aromatic heterocycles. The van der Waals surface area contributed by atoms with Crippen LogP contribution < -0.4 is 5.32 Å². The van der Waals surface area contributed by atoms with E-state index in [0.717, 1.165) is 31.6 Å². The second-order valence-corrected chi connectivity index (χ2v) is 4.07. The standard InChI is InChI=1S/C11H21N3O/c1-9-7-11(14(3)13-9)8-12-6-4-5-10(2)15/h7,10,12,15H,4-6,8H2,1-3H3. The third-order valence-electron chi connectivity index (χ3n) is 2.38. The minimum atomic E-state index is -0.189. The van der Waals surface area contributed by atoms with Crippen LogP contribution in [0, 0.1) is 6.92 Å². The van der Waals surface area contributed by atoms with E-state index >= 15 is 0 Å². The van der Waals surface area contributed by atoms with Crippen LogP contribution in [-0.2, 0) is 13.6 Å². The summed E-state index contributed by atoms with van der Waals surface area (Å²) in [7, 11) is 1.96. The van der Waals surface area contributed by atoms with Crippen LogP contribution >= 0.6 is 0 Å². The minimum absolute atomic E-state index is 0.189. The van der Waals surface area contributed by atoms with Crippen molar-refractivity contribution in [2.75, 3.05) is 6.54 Å². The van der Waals surface area contributed by atoms with Gasteiger partial charge in [-0.05, 0) is 39.3 Å². The van der Waals surface area contributed by atoms with Gasteiger partial charge in [-0.1, -0.05) is 0 Å². The number of nitrogens with zero attached hydrogens (tertiary/aromatic N) is 2. The van der Waals surface area contributed by atoms with Gasteiger partial charge in [-0.25, -0.2) is 0 Å². The Bertz CT molecular complexity index is 294. The molecule has 4 nitrogen and oxygen atoms in total. The van der Waals surface area contributed by atoms with Crippen LogP contribution in [0.3, 0.4) is 0 Å². The van der Waals surface area contributed by atoms with Crippen LogP contribution in [0.2, 0.25) is 0 Å². The van der Waals surface area contributed by atoms with E-state index in [1.165, 1.54) is 5.69 Å². The van der Waals surface area contributed by atoms with Crippen molar-refractivity contribution >= 4 is 0 Å². The predicted molar refractivity (Wildman–Crippen MR) is 60.6 cm³/mol. The van der Waals surface area contributed by atoms with Crippen molar-refractivity contribution in [3.05, 3.63) is 17.5 Å². The first kappa shape index (κ1) is 12.2. The van der Waals surface area contributed by atoms with Gasteiger partial charge in [-0.15, -0.1) is 0 Å². The van der Waals surface area contributed by atoms with Gasteiger partial charge in [0.05, 0.1) is 17.5 Å². The van der Waals surface area contributed by atoms with E-state index in [1.807, 2.05) is 25.6 Å². The van der Waals surface area contributed by atoms with Crippen molar-refractivity contribution in [2.45, 2.75) is 39.3 Å². The second-order valence-electron chi connectivity index (χ2n) is 4.07. The number of aliphatic hydroxyl groups is 1. The molecule has 2 N–H and O–H groups in total. The fraction of sp³-hybridized carbons (Fsp3) is 0.727. The molecule has 1 aromatic rings. The summed E-state index contributed by atoms with van der Waals surface area (Å²) in [6.45, 7) is 5.60. The van der Waals surface area contributed by atoms with Crippen molar-refractivity contribution in [1.29, 1.82) is 0 Å². The molecule has 15 heavy (non-hydrogen) atoms. The third-order valence-corrected chi connectivity index (χ3v) is 2.38. The highest BCUT2D eigenvalue weighted by atomic mass is 16.3. The average Bonchev–Trinajstić information content (AvgIpc) is 2.44. The lowest BCUT2D eigenvalue weighted by Crippen LogP contribution is -2.18. The third kappa shape index (κ3) is 4.44. The lowest BCUT2D eigenvalue weighted by molar-refractivity contribution is 0.181. The molecule has 1 rings (SSSR count). The molecular weight excluding hydrogens is 190 g/mol. The molecular formula is C11H21N3O. The molecule has 0 saturated heterocycles. The van der Waals surface area contributed by atoms with Gasteiger partial charge in [0.15, 0.2) is 0 Å². The van der Waals surface area contributed by atoms with E-state index in [0.29, 0.717) is 0 Å².